The van der Waals surface area contributed by atoms with Gasteiger partial charge in [-0.2, -0.15) is 15.1 Å². The number of nitriles is 2. The van der Waals surface area contributed by atoms with Gasteiger partial charge in [0.15, 0.2) is 18.1 Å². The van der Waals surface area contributed by atoms with Crippen LogP contribution >= 0.6 is 0 Å². The number of rotatable bonds is 3. The molecule has 0 fully saturated rings. The molecule has 6 nitrogen and oxygen atoms in total. The molecule has 1 aliphatic heterocycles. The van der Waals surface area contributed by atoms with Crippen LogP contribution in [0.2, 0.25) is 0 Å². The molecule has 2 aromatic rings. The Morgan fingerprint density at radius 3 is 2.39 bits per heavy atom. The zero-order valence-corrected chi connectivity index (χ0v) is 15.0. The first-order chi connectivity index (χ1) is 13.4. The second-order valence-corrected chi connectivity index (χ2v) is 6.57. The summed E-state index contributed by atoms with van der Waals surface area (Å²) < 4.78 is 15.2. The number of allylic oxidation sites excluding steroid dienone is 2. The fraction of sp³-hybridized carbons (Fsp3) is 0.190. The molecule has 1 aromatic heterocycles. The normalized spacial score (nSPS) is 23.8. The van der Waals surface area contributed by atoms with Crippen LogP contribution in [0.4, 0.5) is 4.39 Å². The lowest BCUT2D eigenvalue weighted by atomic mass is 9.76. The van der Waals surface area contributed by atoms with Crippen LogP contribution in [0.3, 0.4) is 0 Å². The molecule has 0 radical (unpaired) electrons. The fourth-order valence-corrected chi connectivity index (χ4v) is 3.57. The second kappa shape index (κ2) is 7.46. The molecule has 0 spiro atoms. The van der Waals surface area contributed by atoms with Crippen LogP contribution in [0.25, 0.3) is 5.41 Å². The number of nitrogens with zero attached hydrogens (tertiary/aromatic N) is 4. The average Bonchev–Trinajstić information content (AvgIpc) is 2.69. The van der Waals surface area contributed by atoms with Gasteiger partial charge >= 0.3 is 0 Å². The fourth-order valence-electron chi connectivity index (χ4n) is 3.57. The van der Waals surface area contributed by atoms with E-state index < -0.39 is 23.5 Å². The van der Waals surface area contributed by atoms with E-state index in [-0.39, 0.29) is 16.8 Å². The molecule has 138 valence electrons. The third-order valence-corrected chi connectivity index (χ3v) is 4.73. The summed E-state index contributed by atoms with van der Waals surface area (Å²) in [6, 6.07) is 14.1. The van der Waals surface area contributed by atoms with E-state index in [0.717, 1.165) is 0 Å². The van der Waals surface area contributed by atoms with E-state index in [2.05, 4.69) is 11.4 Å². The molecule has 0 unspecified atom stereocenters. The minimum atomic E-state index is -1.61. The van der Waals surface area contributed by atoms with Crippen molar-refractivity contribution in [1.82, 2.24) is 5.32 Å². The van der Waals surface area contributed by atoms with E-state index in [1.807, 2.05) is 6.07 Å². The summed E-state index contributed by atoms with van der Waals surface area (Å²) in [5.74, 6) is 0.611. The monoisotopic (exact) mass is 373 g/mol. The summed E-state index contributed by atoms with van der Waals surface area (Å²) in [5, 5.41) is 42.5. The number of hydrogen-bond donors (Lipinski definition) is 2. The first kappa shape index (κ1) is 19.0. The number of pyridine rings is 1. The quantitative estimate of drug-likeness (QED) is 0.489. The molecule has 28 heavy (non-hydrogen) atoms. The number of aromatic nitrogens is 1. The van der Waals surface area contributed by atoms with Gasteiger partial charge in [0.05, 0.1) is 28.8 Å². The smallest absolute Gasteiger partial charge is 0.216 e. The maximum atomic E-state index is 13.5. The lowest BCUT2D eigenvalue weighted by Crippen LogP contribution is -2.63. The van der Waals surface area contributed by atoms with Gasteiger partial charge in [0, 0.05) is 12.1 Å². The van der Waals surface area contributed by atoms with Crippen LogP contribution in [0.5, 0.6) is 0 Å². The topological polar surface area (TPSA) is 106 Å². The molecule has 0 amide bonds. The summed E-state index contributed by atoms with van der Waals surface area (Å²) in [7, 11) is 0. The molecule has 7 heteroatoms. The number of hydrogen-bond acceptors (Lipinski definition) is 4. The molecule has 0 saturated carbocycles. The molecule has 0 aliphatic carbocycles. The predicted octanol–water partition coefficient (Wildman–Crippen LogP) is 2.22. The average molecular weight is 373 g/mol. The second-order valence-electron chi connectivity index (χ2n) is 6.57. The van der Waals surface area contributed by atoms with Crippen molar-refractivity contribution in [3.05, 3.63) is 88.5 Å². The number of benzene rings is 1. The third kappa shape index (κ3) is 3.28. The zero-order chi connectivity index (χ0) is 20.3. The Bertz CT molecular complexity index is 1050. The molecule has 0 saturated heterocycles. The van der Waals surface area contributed by atoms with Crippen molar-refractivity contribution in [3.63, 3.8) is 0 Å². The van der Waals surface area contributed by atoms with E-state index in [1.165, 1.54) is 31.2 Å². The Kier molecular flexibility index (Phi) is 5.06. The van der Waals surface area contributed by atoms with Crippen molar-refractivity contribution in [2.24, 2.45) is 0 Å². The maximum absolute atomic E-state index is 13.5. The van der Waals surface area contributed by atoms with Gasteiger partial charge in [0.1, 0.15) is 11.9 Å². The Hall–Kier alpha value is -3.77. The van der Waals surface area contributed by atoms with Gasteiger partial charge in [0.2, 0.25) is 6.04 Å². The Labute approximate surface area is 161 Å². The van der Waals surface area contributed by atoms with E-state index in [4.69, 9.17) is 0 Å². The Balaban J connectivity index is 2.34. The third-order valence-electron chi connectivity index (χ3n) is 4.73. The molecule has 0 bridgehead atoms. The van der Waals surface area contributed by atoms with Gasteiger partial charge in [-0.25, -0.2) is 10.3 Å². The summed E-state index contributed by atoms with van der Waals surface area (Å²) in [6.07, 6.45) is 3.49. The Morgan fingerprint density at radius 2 is 1.86 bits per heavy atom. The van der Waals surface area contributed by atoms with Gasteiger partial charge < -0.3 is 15.8 Å². The first-order valence-electron chi connectivity index (χ1n) is 8.46. The van der Waals surface area contributed by atoms with Crippen LogP contribution in [-0.4, -0.2) is 16.7 Å². The predicted molar refractivity (Wildman–Crippen MR) is 98.7 cm³/mol. The van der Waals surface area contributed by atoms with Crippen LogP contribution in [0, 0.1) is 28.5 Å². The Morgan fingerprint density at radius 1 is 1.21 bits per heavy atom. The largest absolute Gasteiger partial charge is 0.762 e. The van der Waals surface area contributed by atoms with Crippen LogP contribution < -0.4 is 9.88 Å². The van der Waals surface area contributed by atoms with Gasteiger partial charge in [-0.15, -0.1) is 0 Å². The highest BCUT2D eigenvalue weighted by molar-refractivity contribution is 5.74. The van der Waals surface area contributed by atoms with E-state index >= 15 is 0 Å². The van der Waals surface area contributed by atoms with Crippen molar-refractivity contribution in [2.45, 2.75) is 24.6 Å². The van der Waals surface area contributed by atoms with Crippen molar-refractivity contribution >= 4 is 5.87 Å². The van der Waals surface area contributed by atoms with Gasteiger partial charge in [-0.3, -0.25) is 0 Å². The molecule has 1 aliphatic rings. The molecular weight excluding hydrogens is 357 g/mol. The van der Waals surface area contributed by atoms with Gasteiger partial charge in [0.25, 0.3) is 0 Å². The SMILES string of the molecule is C[C@]1(O)NC(C(=C=[N-])C#N)=C(C#N)[C@H](c2ccc(F)cc2)[C@H]1[n+]1ccccc1. The lowest BCUT2D eigenvalue weighted by Gasteiger charge is -2.40. The highest BCUT2D eigenvalue weighted by Crippen LogP contribution is 2.43. The van der Waals surface area contributed by atoms with Crippen LogP contribution in [0.15, 0.2) is 71.7 Å². The minimum absolute atomic E-state index is 0.0143. The molecular formula is C21H16FN5O. The van der Waals surface area contributed by atoms with E-state index in [9.17, 15) is 25.4 Å². The highest BCUT2D eigenvalue weighted by atomic mass is 19.1. The highest BCUT2D eigenvalue weighted by Gasteiger charge is 2.52. The van der Waals surface area contributed by atoms with Crippen molar-refractivity contribution in [1.29, 1.82) is 10.5 Å². The molecule has 1 aromatic carbocycles. The number of nitrogens with one attached hydrogen (secondary N) is 1. The van der Waals surface area contributed by atoms with Crippen LogP contribution in [-0.2, 0) is 0 Å². The van der Waals surface area contributed by atoms with Gasteiger partial charge in [-0.05, 0) is 24.6 Å². The molecule has 3 rings (SSSR count). The molecule has 2 N–H and O–H groups in total. The number of halogens is 1. The number of aliphatic hydroxyl groups is 1. The standard InChI is InChI=1S/C21H16FN5O/c1-21(28)20(27-9-3-2-4-10-27)18(14-5-7-16(22)8-6-14)17(13-25)19(26-21)15(11-23)12-24/h2-10,18,20,26,28H,1H3/t18-,20+,21+/m0/s1. The zero-order valence-electron chi connectivity index (χ0n) is 15.0. The first-order valence-corrected chi connectivity index (χ1v) is 8.46. The molecule has 2 heterocycles. The summed E-state index contributed by atoms with van der Waals surface area (Å²) >= 11 is 0. The minimum Gasteiger partial charge on any atom is -0.762 e. The van der Waals surface area contributed by atoms with E-state index in [0.29, 0.717) is 5.56 Å². The van der Waals surface area contributed by atoms with Crippen LogP contribution in [0.1, 0.15) is 24.4 Å². The summed E-state index contributed by atoms with van der Waals surface area (Å²) in [5.41, 5.74) is -1.23. The summed E-state index contributed by atoms with van der Waals surface area (Å²) in [6.45, 7) is 1.51. The molecule has 3 atom stereocenters. The van der Waals surface area contributed by atoms with Crippen molar-refractivity contribution in [3.8, 4) is 12.1 Å². The lowest BCUT2D eigenvalue weighted by molar-refractivity contribution is -0.741. The van der Waals surface area contributed by atoms with E-state index in [1.54, 1.807) is 41.0 Å². The van der Waals surface area contributed by atoms with Gasteiger partial charge in [-0.1, -0.05) is 18.2 Å². The maximum Gasteiger partial charge on any atom is 0.216 e. The van der Waals surface area contributed by atoms with Crippen molar-refractivity contribution in [2.75, 3.05) is 0 Å². The van der Waals surface area contributed by atoms with Crippen molar-refractivity contribution < 1.29 is 14.1 Å². The summed E-state index contributed by atoms with van der Waals surface area (Å²) in [4.78, 5) is 0.